The van der Waals surface area contributed by atoms with Gasteiger partial charge in [-0.1, -0.05) is 41.6 Å². The predicted octanol–water partition coefficient (Wildman–Crippen LogP) is 3.54. The van der Waals surface area contributed by atoms with Crippen LogP contribution in [-0.2, 0) is 7.05 Å². The minimum Gasteiger partial charge on any atom is -0.486 e. The van der Waals surface area contributed by atoms with Crippen molar-refractivity contribution in [2.75, 3.05) is 19.0 Å². The van der Waals surface area contributed by atoms with Crippen molar-refractivity contribution in [1.82, 2.24) is 14.8 Å². The van der Waals surface area contributed by atoms with Crippen LogP contribution in [0.15, 0.2) is 47.6 Å². The maximum absolute atomic E-state index is 12.6. The van der Waals surface area contributed by atoms with Crippen molar-refractivity contribution in [3.05, 3.63) is 53.6 Å². The van der Waals surface area contributed by atoms with Gasteiger partial charge in [-0.2, -0.15) is 0 Å². The lowest BCUT2D eigenvalue weighted by atomic mass is 10.1. The van der Waals surface area contributed by atoms with E-state index in [1.165, 1.54) is 17.3 Å². The van der Waals surface area contributed by atoms with Crippen molar-refractivity contribution in [1.29, 1.82) is 0 Å². The van der Waals surface area contributed by atoms with Gasteiger partial charge in [-0.15, -0.1) is 10.2 Å². The predicted molar refractivity (Wildman–Crippen MR) is 104 cm³/mol. The molecule has 4 rings (SSSR count). The van der Waals surface area contributed by atoms with Crippen LogP contribution < -0.4 is 9.47 Å². The zero-order chi connectivity index (χ0) is 18.8. The zero-order valence-corrected chi connectivity index (χ0v) is 16.0. The molecular formula is C20H19N3O3S. The molecule has 2 aromatic carbocycles. The molecule has 0 N–H and O–H groups in total. The number of ether oxygens (including phenoxy) is 2. The molecule has 0 saturated heterocycles. The molecule has 7 heteroatoms. The highest BCUT2D eigenvalue weighted by Crippen LogP contribution is 2.31. The molecule has 1 aliphatic rings. The highest BCUT2D eigenvalue weighted by atomic mass is 32.2. The minimum atomic E-state index is 0.0110. The first-order valence-corrected chi connectivity index (χ1v) is 9.62. The molecular weight excluding hydrogens is 362 g/mol. The Morgan fingerprint density at radius 2 is 1.81 bits per heavy atom. The third-order valence-electron chi connectivity index (χ3n) is 4.34. The Bertz CT molecular complexity index is 983. The van der Waals surface area contributed by atoms with Gasteiger partial charge < -0.3 is 14.0 Å². The molecule has 1 aromatic heterocycles. The number of ketones is 1. The number of carbonyl (C=O) groups is 1. The van der Waals surface area contributed by atoms with Gasteiger partial charge in [0.05, 0.1) is 5.75 Å². The maximum Gasteiger partial charge on any atom is 0.191 e. The van der Waals surface area contributed by atoms with Crippen LogP contribution in [-0.4, -0.2) is 39.5 Å². The lowest BCUT2D eigenvalue weighted by Gasteiger charge is -2.18. The summed E-state index contributed by atoms with van der Waals surface area (Å²) in [6.45, 7) is 3.08. The van der Waals surface area contributed by atoms with Crippen LogP contribution in [0, 0.1) is 6.92 Å². The SMILES string of the molecule is Cc1ccc(-c2nnc(SCC(=O)c3ccc4c(c3)OCCO4)n2C)cc1. The van der Waals surface area contributed by atoms with Gasteiger partial charge in [0.1, 0.15) is 13.2 Å². The molecule has 0 radical (unpaired) electrons. The average molecular weight is 381 g/mol. The van der Waals surface area contributed by atoms with Crippen LogP contribution in [0.25, 0.3) is 11.4 Å². The molecule has 3 aromatic rings. The highest BCUT2D eigenvalue weighted by molar-refractivity contribution is 7.99. The van der Waals surface area contributed by atoms with E-state index in [2.05, 4.69) is 10.2 Å². The van der Waals surface area contributed by atoms with Crippen molar-refractivity contribution in [2.24, 2.45) is 7.05 Å². The summed E-state index contributed by atoms with van der Waals surface area (Å²) in [6, 6.07) is 13.4. The number of nitrogens with zero attached hydrogens (tertiary/aromatic N) is 3. The van der Waals surface area contributed by atoms with E-state index in [1.54, 1.807) is 18.2 Å². The summed E-state index contributed by atoms with van der Waals surface area (Å²) in [6.07, 6.45) is 0. The van der Waals surface area contributed by atoms with E-state index in [-0.39, 0.29) is 11.5 Å². The second-order valence-corrected chi connectivity index (χ2v) is 7.24. The lowest BCUT2D eigenvalue weighted by Crippen LogP contribution is -2.16. The second-order valence-electron chi connectivity index (χ2n) is 6.30. The van der Waals surface area contributed by atoms with E-state index >= 15 is 0 Å². The third-order valence-corrected chi connectivity index (χ3v) is 5.36. The lowest BCUT2D eigenvalue weighted by molar-refractivity contribution is 0.102. The molecule has 0 bridgehead atoms. The van der Waals surface area contributed by atoms with E-state index < -0.39 is 0 Å². The first kappa shape index (κ1) is 17.6. The molecule has 6 nitrogen and oxygen atoms in total. The number of fused-ring (bicyclic) bond motifs is 1. The number of Topliss-reactive ketones (excluding diaryl/α,β-unsaturated/α-hetero) is 1. The van der Waals surface area contributed by atoms with Crippen molar-refractivity contribution < 1.29 is 14.3 Å². The van der Waals surface area contributed by atoms with Gasteiger partial charge in [-0.25, -0.2) is 0 Å². The Labute approximate surface area is 161 Å². The fourth-order valence-corrected chi connectivity index (χ4v) is 3.63. The van der Waals surface area contributed by atoms with E-state index in [0.717, 1.165) is 11.4 Å². The third kappa shape index (κ3) is 3.68. The first-order chi connectivity index (χ1) is 13.1. The van der Waals surface area contributed by atoms with Crippen LogP contribution in [0.2, 0.25) is 0 Å². The van der Waals surface area contributed by atoms with E-state index in [4.69, 9.17) is 9.47 Å². The monoisotopic (exact) mass is 381 g/mol. The van der Waals surface area contributed by atoms with Crippen LogP contribution in [0.3, 0.4) is 0 Å². The first-order valence-electron chi connectivity index (χ1n) is 8.64. The minimum absolute atomic E-state index is 0.0110. The number of thioether (sulfide) groups is 1. The Morgan fingerprint density at radius 1 is 1.07 bits per heavy atom. The summed E-state index contributed by atoms with van der Waals surface area (Å²) in [7, 11) is 1.91. The maximum atomic E-state index is 12.6. The Hall–Kier alpha value is -2.80. The number of aromatic nitrogens is 3. The molecule has 138 valence electrons. The summed E-state index contributed by atoms with van der Waals surface area (Å²) in [5, 5.41) is 9.20. The van der Waals surface area contributed by atoms with E-state index in [9.17, 15) is 4.79 Å². The molecule has 0 amide bonds. The number of aryl methyl sites for hydroxylation is 1. The summed E-state index contributed by atoms with van der Waals surface area (Å²) in [5.74, 6) is 2.37. The van der Waals surface area contributed by atoms with Gasteiger partial charge in [0.25, 0.3) is 0 Å². The van der Waals surface area contributed by atoms with Crippen molar-refractivity contribution in [2.45, 2.75) is 12.1 Å². The number of benzene rings is 2. The standard InChI is InChI=1S/C20H19N3O3S/c1-13-3-5-14(6-4-13)19-21-22-20(23(19)2)27-12-16(24)15-7-8-17-18(11-15)26-10-9-25-17/h3-8,11H,9-10,12H2,1-2H3. The summed E-state index contributed by atoms with van der Waals surface area (Å²) < 4.78 is 12.9. The van der Waals surface area contributed by atoms with Gasteiger partial charge in [0, 0.05) is 18.2 Å². The number of rotatable bonds is 5. The largest absolute Gasteiger partial charge is 0.486 e. The zero-order valence-electron chi connectivity index (χ0n) is 15.1. The van der Waals surface area contributed by atoms with Gasteiger partial charge in [0.15, 0.2) is 28.3 Å². The summed E-state index contributed by atoms with van der Waals surface area (Å²) in [4.78, 5) is 12.6. The Morgan fingerprint density at radius 3 is 2.59 bits per heavy atom. The van der Waals surface area contributed by atoms with Crippen LogP contribution >= 0.6 is 11.8 Å². The fraction of sp³-hybridized carbons (Fsp3) is 0.250. The van der Waals surface area contributed by atoms with Gasteiger partial charge >= 0.3 is 0 Å². The smallest absolute Gasteiger partial charge is 0.191 e. The average Bonchev–Trinajstić information content (AvgIpc) is 3.07. The molecule has 2 heterocycles. The molecule has 0 aliphatic carbocycles. The number of hydrogen-bond acceptors (Lipinski definition) is 6. The molecule has 0 fully saturated rings. The van der Waals surface area contributed by atoms with Crippen LogP contribution in [0.1, 0.15) is 15.9 Å². The van der Waals surface area contributed by atoms with Crippen LogP contribution in [0.4, 0.5) is 0 Å². The Kier molecular flexibility index (Phi) is 4.85. The molecule has 0 atom stereocenters. The van der Waals surface area contributed by atoms with Crippen LogP contribution in [0.5, 0.6) is 11.5 Å². The van der Waals surface area contributed by atoms with Crippen molar-refractivity contribution >= 4 is 17.5 Å². The van der Waals surface area contributed by atoms with Gasteiger partial charge in [0.2, 0.25) is 0 Å². The molecule has 0 saturated carbocycles. The number of hydrogen-bond donors (Lipinski definition) is 0. The van der Waals surface area contributed by atoms with Gasteiger partial charge in [-0.05, 0) is 25.1 Å². The summed E-state index contributed by atoms with van der Waals surface area (Å²) >= 11 is 1.37. The quantitative estimate of drug-likeness (QED) is 0.497. The Balaban J connectivity index is 1.46. The fourth-order valence-electron chi connectivity index (χ4n) is 2.82. The van der Waals surface area contributed by atoms with E-state index in [0.29, 0.717) is 35.4 Å². The summed E-state index contributed by atoms with van der Waals surface area (Å²) in [5.41, 5.74) is 2.80. The molecule has 0 unspecified atom stereocenters. The van der Waals surface area contributed by atoms with E-state index in [1.807, 2.05) is 42.8 Å². The van der Waals surface area contributed by atoms with Crippen molar-refractivity contribution in [3.63, 3.8) is 0 Å². The molecule has 1 aliphatic heterocycles. The number of carbonyl (C=O) groups excluding carboxylic acids is 1. The molecule has 0 spiro atoms. The van der Waals surface area contributed by atoms with Gasteiger partial charge in [-0.3, -0.25) is 4.79 Å². The van der Waals surface area contributed by atoms with Crippen molar-refractivity contribution in [3.8, 4) is 22.9 Å². The topological polar surface area (TPSA) is 66.2 Å². The molecule has 27 heavy (non-hydrogen) atoms. The highest BCUT2D eigenvalue weighted by Gasteiger charge is 2.17. The normalized spacial score (nSPS) is 12.8. The second kappa shape index (κ2) is 7.44.